The van der Waals surface area contributed by atoms with Crippen LogP contribution in [0.4, 0.5) is 0 Å². The normalized spacial score (nSPS) is 14.7. The lowest BCUT2D eigenvalue weighted by molar-refractivity contribution is 0.0720. The van der Waals surface area contributed by atoms with Crippen LogP contribution in [-0.4, -0.2) is 37.1 Å². The highest BCUT2D eigenvalue weighted by atomic mass is 16.2. The summed E-state index contributed by atoms with van der Waals surface area (Å²) in [4.78, 5) is 21.5. The van der Waals surface area contributed by atoms with E-state index in [1.807, 2.05) is 17.9 Å². The van der Waals surface area contributed by atoms with E-state index >= 15 is 0 Å². The van der Waals surface area contributed by atoms with Crippen LogP contribution < -0.4 is 0 Å². The number of nitrogens with one attached hydrogen (secondary N) is 1. The summed E-state index contributed by atoms with van der Waals surface area (Å²) in [5.74, 6) is 0.0263. The molecule has 18 heavy (non-hydrogen) atoms. The van der Waals surface area contributed by atoms with Gasteiger partial charge in [0.05, 0.1) is 30.0 Å². The Hall–Kier alpha value is -2.11. The first-order chi connectivity index (χ1) is 8.65. The monoisotopic (exact) mass is 245 g/mol. The minimum atomic E-state index is 0.0263. The van der Waals surface area contributed by atoms with E-state index in [1.165, 1.54) is 0 Å². The van der Waals surface area contributed by atoms with Gasteiger partial charge in [0.25, 0.3) is 5.91 Å². The van der Waals surface area contributed by atoms with Crippen LogP contribution in [0.1, 0.15) is 27.6 Å². The molecule has 0 bridgehead atoms. The van der Waals surface area contributed by atoms with Gasteiger partial charge in [0, 0.05) is 20.0 Å². The topological polar surface area (TPSA) is 66.8 Å². The predicted octanol–water partition coefficient (Wildman–Crippen LogP) is 0.650. The van der Waals surface area contributed by atoms with Crippen LogP contribution in [-0.2, 0) is 20.0 Å². The Morgan fingerprint density at radius 3 is 3.06 bits per heavy atom. The average Bonchev–Trinajstić information content (AvgIpc) is 2.93. The van der Waals surface area contributed by atoms with Crippen LogP contribution in [0.15, 0.2) is 12.4 Å². The molecular formula is C12H15N5O. The quantitative estimate of drug-likeness (QED) is 0.802. The van der Waals surface area contributed by atoms with E-state index in [1.54, 1.807) is 18.1 Å². The number of aryl methyl sites for hydroxylation is 2. The summed E-state index contributed by atoms with van der Waals surface area (Å²) in [6.07, 6.45) is 2.49. The van der Waals surface area contributed by atoms with Crippen molar-refractivity contribution in [3.8, 4) is 0 Å². The van der Waals surface area contributed by atoms with Gasteiger partial charge in [0.2, 0.25) is 0 Å². The van der Waals surface area contributed by atoms with Gasteiger partial charge < -0.3 is 9.88 Å². The van der Waals surface area contributed by atoms with Gasteiger partial charge in [0.1, 0.15) is 5.69 Å². The third-order valence-electron chi connectivity index (χ3n) is 3.28. The molecular weight excluding hydrogens is 230 g/mol. The first-order valence-electron chi connectivity index (χ1n) is 5.96. The van der Waals surface area contributed by atoms with Crippen molar-refractivity contribution in [2.45, 2.75) is 19.9 Å². The lowest BCUT2D eigenvalue weighted by Crippen LogP contribution is -2.37. The van der Waals surface area contributed by atoms with Gasteiger partial charge in [-0.05, 0) is 13.0 Å². The maximum Gasteiger partial charge on any atom is 0.272 e. The van der Waals surface area contributed by atoms with Crippen LogP contribution in [0.2, 0.25) is 0 Å². The summed E-state index contributed by atoms with van der Waals surface area (Å²) in [6.45, 7) is 3.19. The summed E-state index contributed by atoms with van der Waals surface area (Å²) in [6, 6.07) is 1.82. The number of amides is 1. The van der Waals surface area contributed by atoms with Crippen molar-refractivity contribution in [3.63, 3.8) is 0 Å². The lowest BCUT2D eigenvalue weighted by Gasteiger charge is -2.26. The molecule has 0 spiro atoms. The van der Waals surface area contributed by atoms with Gasteiger partial charge >= 0.3 is 0 Å². The number of carbonyl (C=O) groups is 1. The van der Waals surface area contributed by atoms with E-state index in [-0.39, 0.29) is 5.91 Å². The molecule has 0 unspecified atom stereocenters. The number of nitrogens with zero attached hydrogens (tertiary/aromatic N) is 4. The highest BCUT2D eigenvalue weighted by Gasteiger charge is 2.25. The fourth-order valence-electron chi connectivity index (χ4n) is 2.36. The molecule has 2 aromatic heterocycles. The van der Waals surface area contributed by atoms with Crippen LogP contribution in [0.25, 0.3) is 0 Å². The molecule has 0 aromatic carbocycles. The second-order valence-electron chi connectivity index (χ2n) is 4.60. The van der Waals surface area contributed by atoms with Gasteiger partial charge in [0.15, 0.2) is 0 Å². The van der Waals surface area contributed by atoms with E-state index in [2.05, 4.69) is 15.1 Å². The van der Waals surface area contributed by atoms with Crippen LogP contribution in [0.3, 0.4) is 0 Å². The van der Waals surface area contributed by atoms with Crippen molar-refractivity contribution in [2.75, 3.05) is 6.54 Å². The number of hydrogen-bond donors (Lipinski definition) is 1. The van der Waals surface area contributed by atoms with Gasteiger partial charge in [-0.15, -0.1) is 0 Å². The number of aromatic amines is 1. The Labute approximate surface area is 105 Å². The first-order valence-corrected chi connectivity index (χ1v) is 5.96. The molecule has 1 N–H and O–H groups in total. The number of rotatable bonds is 1. The molecule has 6 heteroatoms. The fraction of sp³-hybridized carbons (Fsp3) is 0.417. The van der Waals surface area contributed by atoms with Crippen molar-refractivity contribution in [2.24, 2.45) is 7.05 Å². The zero-order valence-corrected chi connectivity index (χ0v) is 10.5. The molecule has 0 aliphatic carbocycles. The third-order valence-corrected chi connectivity index (χ3v) is 3.28. The molecule has 6 nitrogen and oxygen atoms in total. The largest absolute Gasteiger partial charge is 0.347 e. The van der Waals surface area contributed by atoms with Crippen molar-refractivity contribution in [1.29, 1.82) is 0 Å². The molecule has 0 saturated heterocycles. The van der Waals surface area contributed by atoms with Crippen LogP contribution in [0, 0.1) is 6.92 Å². The van der Waals surface area contributed by atoms with Crippen LogP contribution in [0.5, 0.6) is 0 Å². The summed E-state index contributed by atoms with van der Waals surface area (Å²) < 4.78 is 1.64. The number of hydrogen-bond acceptors (Lipinski definition) is 3. The summed E-state index contributed by atoms with van der Waals surface area (Å²) in [5, 5.41) is 4.21. The second kappa shape index (κ2) is 3.97. The van der Waals surface area contributed by atoms with Crippen LogP contribution >= 0.6 is 0 Å². The third kappa shape index (κ3) is 1.70. The Morgan fingerprint density at radius 1 is 1.50 bits per heavy atom. The molecule has 3 heterocycles. The fourth-order valence-corrected chi connectivity index (χ4v) is 2.36. The van der Waals surface area contributed by atoms with Gasteiger partial charge in [-0.3, -0.25) is 9.48 Å². The van der Waals surface area contributed by atoms with Gasteiger partial charge in [-0.1, -0.05) is 0 Å². The smallest absolute Gasteiger partial charge is 0.272 e. The Morgan fingerprint density at radius 2 is 2.33 bits per heavy atom. The summed E-state index contributed by atoms with van der Waals surface area (Å²) >= 11 is 0. The van der Waals surface area contributed by atoms with E-state index in [9.17, 15) is 4.79 Å². The van der Waals surface area contributed by atoms with Gasteiger partial charge in [-0.25, -0.2) is 4.98 Å². The van der Waals surface area contributed by atoms with Crippen molar-refractivity contribution < 1.29 is 4.79 Å². The standard InChI is InChI=1S/C12H15N5O/c1-8-5-11(16(2)15-8)12(18)17-4-3-9-10(6-17)14-7-13-9/h5,7H,3-4,6H2,1-2H3,(H,13,14). The SMILES string of the molecule is Cc1cc(C(=O)N2CCc3nc[nH]c3C2)n(C)n1. The van der Waals surface area contributed by atoms with Gasteiger partial charge in [-0.2, -0.15) is 5.10 Å². The molecule has 0 radical (unpaired) electrons. The summed E-state index contributed by atoms with van der Waals surface area (Å²) in [5.41, 5.74) is 3.60. The lowest BCUT2D eigenvalue weighted by atomic mass is 10.1. The number of aromatic nitrogens is 4. The molecule has 1 amide bonds. The van der Waals surface area contributed by atoms with E-state index < -0.39 is 0 Å². The maximum absolute atomic E-state index is 12.4. The average molecular weight is 245 g/mol. The Balaban J connectivity index is 1.85. The zero-order chi connectivity index (χ0) is 12.7. The highest BCUT2D eigenvalue weighted by molar-refractivity contribution is 5.92. The van der Waals surface area contributed by atoms with Crippen molar-refractivity contribution in [3.05, 3.63) is 35.2 Å². The minimum Gasteiger partial charge on any atom is -0.347 e. The molecule has 0 atom stereocenters. The number of fused-ring (bicyclic) bond motifs is 1. The second-order valence-corrected chi connectivity index (χ2v) is 4.60. The molecule has 2 aromatic rings. The van der Waals surface area contributed by atoms with Crippen molar-refractivity contribution in [1.82, 2.24) is 24.6 Å². The summed E-state index contributed by atoms with van der Waals surface area (Å²) in [7, 11) is 1.80. The first kappa shape index (κ1) is 11.0. The molecule has 94 valence electrons. The molecule has 0 saturated carbocycles. The van der Waals surface area contributed by atoms with E-state index in [0.717, 1.165) is 23.5 Å². The van der Waals surface area contributed by atoms with E-state index in [4.69, 9.17) is 0 Å². The number of imidazole rings is 1. The predicted molar refractivity (Wildman–Crippen MR) is 65.0 cm³/mol. The Kier molecular flexibility index (Phi) is 2.43. The highest BCUT2D eigenvalue weighted by Crippen LogP contribution is 2.17. The maximum atomic E-state index is 12.4. The van der Waals surface area contributed by atoms with E-state index in [0.29, 0.717) is 18.8 Å². The number of carbonyl (C=O) groups excluding carboxylic acids is 1. The minimum absolute atomic E-state index is 0.0263. The molecule has 1 aliphatic rings. The Bertz CT molecular complexity index is 597. The number of H-pyrrole nitrogens is 1. The molecule has 1 aliphatic heterocycles. The zero-order valence-electron chi connectivity index (χ0n) is 10.5. The molecule has 0 fully saturated rings. The molecule has 3 rings (SSSR count). The van der Waals surface area contributed by atoms with Crippen molar-refractivity contribution >= 4 is 5.91 Å².